The zero-order chi connectivity index (χ0) is 29.7. The molecule has 0 spiro atoms. The first-order valence-corrected chi connectivity index (χ1v) is 13.1. The number of benzene rings is 5. The Morgan fingerprint density at radius 1 is 0.738 bits per heavy atom. The third-order valence-electron chi connectivity index (χ3n) is 6.72. The molecular weight excluding hydrogens is 530 g/mol. The monoisotopic (exact) mass is 558 g/mol. The molecule has 0 saturated carbocycles. The maximum atomic E-state index is 13.2. The van der Waals surface area contributed by atoms with Crippen molar-refractivity contribution in [2.45, 2.75) is 0 Å². The topological polar surface area (TPSA) is 120 Å². The first-order valence-electron chi connectivity index (χ1n) is 13.1. The zero-order valence-corrected chi connectivity index (χ0v) is 23.0. The van der Waals surface area contributed by atoms with Crippen molar-refractivity contribution in [1.82, 2.24) is 4.48 Å². The van der Waals surface area contributed by atoms with Crippen LogP contribution in [0.4, 0.5) is 28.4 Å². The molecule has 0 atom stereocenters. The van der Waals surface area contributed by atoms with Gasteiger partial charge in [0, 0.05) is 34.5 Å². The van der Waals surface area contributed by atoms with Gasteiger partial charge in [-0.15, -0.1) is 5.11 Å². The van der Waals surface area contributed by atoms with Gasteiger partial charge >= 0.3 is 6.41 Å². The normalized spacial score (nSPS) is 11.4. The van der Waals surface area contributed by atoms with Gasteiger partial charge < -0.3 is 15.7 Å². The van der Waals surface area contributed by atoms with Gasteiger partial charge in [0.05, 0.1) is 25.3 Å². The smallest absolute Gasteiger partial charge is 0.306 e. The summed E-state index contributed by atoms with van der Waals surface area (Å²) in [4.78, 5) is 37.1. The second kappa shape index (κ2) is 11.8. The molecule has 0 radical (unpaired) electrons. The first-order chi connectivity index (χ1) is 20.2. The lowest BCUT2D eigenvalue weighted by molar-refractivity contribution is -0.115. The number of azo groups is 1. The number of phenols is 1. The van der Waals surface area contributed by atoms with E-state index in [-0.39, 0.29) is 27.4 Å². The minimum atomic E-state index is -0.527. The number of nitrogens with zero attached hydrogens (tertiary/aromatic N) is 3. The van der Waals surface area contributed by atoms with Crippen LogP contribution in [0.3, 0.4) is 0 Å². The number of aromatic hydroxyl groups is 1. The maximum absolute atomic E-state index is 13.2. The van der Waals surface area contributed by atoms with Gasteiger partial charge in [-0.3, -0.25) is 9.59 Å². The van der Waals surface area contributed by atoms with Crippen LogP contribution in [-0.4, -0.2) is 37.4 Å². The number of fused-ring (bicyclic) bond motifs is 1. The molecule has 208 valence electrons. The molecule has 0 fully saturated rings. The fourth-order valence-corrected chi connectivity index (χ4v) is 4.29. The summed E-state index contributed by atoms with van der Waals surface area (Å²) in [5.74, 6) is -1.10. The number of rotatable bonds is 8. The number of anilines is 2. The van der Waals surface area contributed by atoms with Crippen LogP contribution in [0.15, 0.2) is 119 Å². The molecule has 5 aromatic carbocycles. The molecule has 3 N–H and O–H groups in total. The van der Waals surface area contributed by atoms with E-state index < -0.39 is 5.91 Å². The van der Waals surface area contributed by atoms with Crippen LogP contribution in [-0.2, 0) is 4.79 Å². The van der Waals surface area contributed by atoms with Crippen molar-refractivity contribution in [1.29, 1.82) is 0 Å². The number of carbonyl (C=O) groups excluding carboxylic acids is 3. The van der Waals surface area contributed by atoms with Crippen molar-refractivity contribution in [2.24, 2.45) is 10.2 Å². The summed E-state index contributed by atoms with van der Waals surface area (Å²) in [6.45, 7) is 0. The third-order valence-corrected chi connectivity index (χ3v) is 6.72. The molecular formula is C33H28N5O4+. The fraction of sp³-hybridized carbons (Fsp3) is 0.0606. The second-order valence-electron chi connectivity index (χ2n) is 10.1. The highest BCUT2D eigenvalue weighted by Crippen LogP contribution is 2.39. The van der Waals surface area contributed by atoms with E-state index in [1.54, 1.807) is 86.9 Å². The van der Waals surface area contributed by atoms with Crippen LogP contribution in [0.1, 0.15) is 20.7 Å². The van der Waals surface area contributed by atoms with Gasteiger partial charge in [-0.2, -0.15) is 5.11 Å². The Balaban J connectivity index is 1.39. The molecule has 0 saturated heterocycles. The third kappa shape index (κ3) is 6.06. The predicted octanol–water partition coefficient (Wildman–Crippen LogP) is 7.19. The highest BCUT2D eigenvalue weighted by Gasteiger charge is 2.20. The Morgan fingerprint density at radius 2 is 1.36 bits per heavy atom. The van der Waals surface area contributed by atoms with Gasteiger partial charge in [-0.05, 0) is 60.0 Å². The van der Waals surface area contributed by atoms with Gasteiger partial charge in [0.1, 0.15) is 11.4 Å². The number of quaternary nitrogens is 1. The number of nitrogens with one attached hydrogen (secondary N) is 2. The van der Waals surface area contributed by atoms with E-state index >= 15 is 0 Å². The lowest BCUT2D eigenvalue weighted by Crippen LogP contribution is -2.38. The highest BCUT2D eigenvalue weighted by atomic mass is 16.3. The summed E-state index contributed by atoms with van der Waals surface area (Å²) in [7, 11) is 3.50. The Kier molecular flexibility index (Phi) is 7.85. The lowest BCUT2D eigenvalue weighted by Gasteiger charge is -2.20. The SMILES string of the molecule is C[N+](C)(C=O)c1ccc(NC(=O)c2cc3ccccc3c(N=Nc3ccc(C(=O)Nc4ccccc4)cc3)c2O)cc1. The standard InChI is InChI=1S/C33H27N5O4/c1-38(2,21-39)27-18-16-25(17-19-27)35-33(42)29-20-23-8-6-7-11-28(23)30(31(29)40)37-36-26-14-12-22(13-15-26)32(41)34-24-9-4-3-5-10-24/h3-21H,1-2H3,(H2-,34,35,36,40,41,42)/p+1. The molecule has 42 heavy (non-hydrogen) atoms. The molecule has 5 rings (SSSR count). The number of amides is 3. The summed E-state index contributed by atoms with van der Waals surface area (Å²) in [6, 6.07) is 31.4. The van der Waals surface area contributed by atoms with Crippen molar-refractivity contribution in [2.75, 3.05) is 24.7 Å². The van der Waals surface area contributed by atoms with E-state index in [1.165, 1.54) is 0 Å². The van der Waals surface area contributed by atoms with Crippen molar-refractivity contribution in [3.8, 4) is 5.75 Å². The molecule has 0 aliphatic carbocycles. The zero-order valence-electron chi connectivity index (χ0n) is 23.0. The second-order valence-corrected chi connectivity index (χ2v) is 10.1. The number of phenolic OH excluding ortho intramolecular Hbond substituents is 1. The minimum absolute atomic E-state index is 0.0312. The Hall–Kier alpha value is -5.67. The van der Waals surface area contributed by atoms with Gasteiger partial charge in [0.2, 0.25) is 0 Å². The average molecular weight is 559 g/mol. The number of hydrogen-bond acceptors (Lipinski definition) is 6. The molecule has 0 unspecified atom stereocenters. The van der Waals surface area contributed by atoms with Gasteiger partial charge in [0.25, 0.3) is 11.8 Å². The molecule has 9 heteroatoms. The summed E-state index contributed by atoms with van der Waals surface area (Å²) in [5, 5.41) is 26.7. The largest absolute Gasteiger partial charge is 0.505 e. The maximum Gasteiger partial charge on any atom is 0.306 e. The number of para-hydroxylation sites is 1. The van der Waals surface area contributed by atoms with E-state index in [0.29, 0.717) is 33.4 Å². The highest BCUT2D eigenvalue weighted by molar-refractivity contribution is 6.11. The van der Waals surface area contributed by atoms with Crippen LogP contribution < -0.4 is 15.1 Å². The number of carbonyl (C=O) groups is 3. The van der Waals surface area contributed by atoms with Crippen LogP contribution in [0.5, 0.6) is 5.75 Å². The van der Waals surface area contributed by atoms with Crippen molar-refractivity contribution < 1.29 is 19.5 Å². The lowest BCUT2D eigenvalue weighted by atomic mass is 10.0. The summed E-state index contributed by atoms with van der Waals surface area (Å²) >= 11 is 0. The van der Waals surface area contributed by atoms with Crippen LogP contribution in [0.25, 0.3) is 10.8 Å². The van der Waals surface area contributed by atoms with Crippen LogP contribution in [0.2, 0.25) is 0 Å². The quantitative estimate of drug-likeness (QED) is 0.106. The van der Waals surface area contributed by atoms with E-state index in [9.17, 15) is 19.5 Å². The molecule has 0 bridgehead atoms. The Labute approximate surface area is 242 Å². The minimum Gasteiger partial charge on any atom is -0.505 e. The predicted molar refractivity (Wildman–Crippen MR) is 165 cm³/mol. The van der Waals surface area contributed by atoms with E-state index in [2.05, 4.69) is 20.9 Å². The van der Waals surface area contributed by atoms with Crippen LogP contribution >= 0.6 is 0 Å². The van der Waals surface area contributed by atoms with Crippen LogP contribution in [0, 0.1) is 0 Å². The van der Waals surface area contributed by atoms with E-state index in [0.717, 1.165) is 12.1 Å². The van der Waals surface area contributed by atoms with Crippen molar-refractivity contribution >= 4 is 57.4 Å². The Bertz CT molecular complexity index is 1800. The molecule has 0 aromatic heterocycles. The van der Waals surface area contributed by atoms with Gasteiger partial charge in [-0.1, -0.05) is 42.5 Å². The average Bonchev–Trinajstić information content (AvgIpc) is 3.01. The fourth-order valence-electron chi connectivity index (χ4n) is 4.29. The molecule has 0 aliphatic rings. The summed E-state index contributed by atoms with van der Waals surface area (Å²) in [6.07, 6.45) is 0.813. The first kappa shape index (κ1) is 27.9. The summed E-state index contributed by atoms with van der Waals surface area (Å²) in [5.41, 5.74) is 3.03. The molecule has 9 nitrogen and oxygen atoms in total. The number of hydrogen-bond donors (Lipinski definition) is 3. The summed E-state index contributed by atoms with van der Waals surface area (Å²) < 4.78 is 0.0393. The van der Waals surface area contributed by atoms with E-state index in [4.69, 9.17) is 0 Å². The molecule has 0 aliphatic heterocycles. The van der Waals surface area contributed by atoms with Crippen molar-refractivity contribution in [3.05, 3.63) is 120 Å². The molecule has 0 heterocycles. The van der Waals surface area contributed by atoms with Gasteiger partial charge in [0.15, 0.2) is 5.75 Å². The van der Waals surface area contributed by atoms with Gasteiger partial charge in [-0.25, -0.2) is 9.28 Å². The molecule has 5 aromatic rings. The Morgan fingerprint density at radius 3 is 2.05 bits per heavy atom. The molecule has 3 amide bonds. The van der Waals surface area contributed by atoms with E-state index in [1.807, 2.05) is 36.4 Å². The van der Waals surface area contributed by atoms with Crippen molar-refractivity contribution in [3.63, 3.8) is 0 Å².